The topological polar surface area (TPSA) is 69.6 Å². The molecule has 1 aromatic rings. The van der Waals surface area contributed by atoms with Gasteiger partial charge < -0.3 is 15.5 Å². The predicted octanol–water partition coefficient (Wildman–Crippen LogP) is 2.78. The first-order valence-electron chi connectivity index (χ1n) is 6.49. The number of aromatic hydroxyl groups is 2. The molecule has 104 valence electrons. The second-order valence-corrected chi connectivity index (χ2v) is 5.71. The number of phenolic OH excluding ortho intramolecular Hbond substituents is 2. The first-order chi connectivity index (χ1) is 9.10. The maximum Gasteiger partial charge on any atom is 0.255 e. The van der Waals surface area contributed by atoms with Crippen molar-refractivity contribution in [1.82, 2.24) is 5.32 Å². The number of hydrogen-bond donors (Lipinski definition) is 3. The minimum Gasteiger partial charge on any atom is -0.508 e. The Balaban J connectivity index is 2.02. The molecule has 19 heavy (non-hydrogen) atoms. The number of rotatable bonds is 3. The van der Waals surface area contributed by atoms with Crippen molar-refractivity contribution < 1.29 is 15.0 Å². The Morgan fingerprint density at radius 2 is 2.16 bits per heavy atom. The highest BCUT2D eigenvalue weighted by Gasteiger charge is 2.23. The van der Waals surface area contributed by atoms with Gasteiger partial charge in [-0.05, 0) is 43.4 Å². The molecular formula is C14H18BrNO3. The Kier molecular flexibility index (Phi) is 4.69. The van der Waals surface area contributed by atoms with Crippen molar-refractivity contribution in [2.24, 2.45) is 5.92 Å². The molecule has 1 fully saturated rings. The zero-order valence-electron chi connectivity index (χ0n) is 10.6. The number of nitrogens with one attached hydrogen (secondary N) is 1. The summed E-state index contributed by atoms with van der Waals surface area (Å²) in [6.45, 7) is 0. The van der Waals surface area contributed by atoms with Crippen molar-refractivity contribution in [3.8, 4) is 11.5 Å². The van der Waals surface area contributed by atoms with E-state index in [0.29, 0.717) is 5.92 Å². The van der Waals surface area contributed by atoms with Crippen LogP contribution in [0.5, 0.6) is 11.5 Å². The number of phenols is 2. The highest BCUT2D eigenvalue weighted by molar-refractivity contribution is 9.09. The summed E-state index contributed by atoms with van der Waals surface area (Å²) in [6, 6.07) is 4.11. The molecule has 1 amide bonds. The summed E-state index contributed by atoms with van der Waals surface area (Å²) >= 11 is 3.48. The third-order valence-electron chi connectivity index (χ3n) is 3.56. The van der Waals surface area contributed by atoms with Gasteiger partial charge in [0.1, 0.15) is 11.5 Å². The molecule has 3 N–H and O–H groups in total. The van der Waals surface area contributed by atoms with Gasteiger partial charge in [0.2, 0.25) is 0 Å². The van der Waals surface area contributed by atoms with Crippen LogP contribution in [0.4, 0.5) is 0 Å². The lowest BCUT2D eigenvalue weighted by molar-refractivity contribution is 0.0918. The molecule has 0 bridgehead atoms. The predicted molar refractivity (Wildman–Crippen MR) is 76.8 cm³/mol. The zero-order chi connectivity index (χ0) is 13.8. The van der Waals surface area contributed by atoms with Gasteiger partial charge in [-0.1, -0.05) is 22.4 Å². The highest BCUT2D eigenvalue weighted by atomic mass is 79.9. The van der Waals surface area contributed by atoms with Crippen LogP contribution in [-0.4, -0.2) is 27.5 Å². The number of carbonyl (C=O) groups is 1. The fourth-order valence-corrected chi connectivity index (χ4v) is 3.12. The van der Waals surface area contributed by atoms with Crippen LogP contribution >= 0.6 is 15.9 Å². The molecule has 0 aromatic heterocycles. The monoisotopic (exact) mass is 327 g/mol. The van der Waals surface area contributed by atoms with Gasteiger partial charge in [-0.25, -0.2) is 0 Å². The van der Waals surface area contributed by atoms with Crippen molar-refractivity contribution in [3.63, 3.8) is 0 Å². The van der Waals surface area contributed by atoms with Crippen molar-refractivity contribution >= 4 is 21.8 Å². The van der Waals surface area contributed by atoms with Crippen LogP contribution < -0.4 is 5.32 Å². The fourth-order valence-electron chi connectivity index (χ4n) is 2.53. The maximum atomic E-state index is 12.1. The number of amides is 1. The van der Waals surface area contributed by atoms with Gasteiger partial charge in [0.05, 0.1) is 5.56 Å². The molecule has 2 rings (SSSR count). The van der Waals surface area contributed by atoms with Gasteiger partial charge >= 0.3 is 0 Å². The van der Waals surface area contributed by atoms with Crippen molar-refractivity contribution in [2.45, 2.75) is 31.7 Å². The average Bonchev–Trinajstić information content (AvgIpc) is 2.41. The molecule has 1 aliphatic rings. The molecular weight excluding hydrogens is 310 g/mol. The van der Waals surface area contributed by atoms with E-state index in [1.54, 1.807) is 0 Å². The molecule has 0 spiro atoms. The summed E-state index contributed by atoms with van der Waals surface area (Å²) in [7, 11) is 0. The summed E-state index contributed by atoms with van der Waals surface area (Å²) < 4.78 is 0. The molecule has 0 heterocycles. The maximum absolute atomic E-state index is 12.1. The molecule has 5 heteroatoms. The molecule has 0 saturated heterocycles. The average molecular weight is 328 g/mol. The lowest BCUT2D eigenvalue weighted by Gasteiger charge is -2.28. The summed E-state index contributed by atoms with van der Waals surface area (Å²) in [4.78, 5) is 12.1. The van der Waals surface area contributed by atoms with Gasteiger partial charge in [0.15, 0.2) is 0 Å². The van der Waals surface area contributed by atoms with E-state index in [4.69, 9.17) is 0 Å². The largest absolute Gasteiger partial charge is 0.508 e. The molecule has 0 radical (unpaired) electrons. The molecule has 2 unspecified atom stereocenters. The van der Waals surface area contributed by atoms with Crippen LogP contribution in [0, 0.1) is 5.92 Å². The smallest absolute Gasteiger partial charge is 0.255 e. The Morgan fingerprint density at radius 3 is 2.89 bits per heavy atom. The van der Waals surface area contributed by atoms with E-state index in [2.05, 4.69) is 21.2 Å². The first kappa shape index (κ1) is 14.2. The number of benzene rings is 1. The van der Waals surface area contributed by atoms with E-state index in [-0.39, 0.29) is 29.0 Å². The Labute approximate surface area is 121 Å². The molecule has 0 aliphatic heterocycles. The normalized spacial score (nSPS) is 23.0. The van der Waals surface area contributed by atoms with Gasteiger partial charge in [0.25, 0.3) is 5.91 Å². The lowest BCUT2D eigenvalue weighted by atomic mass is 9.87. The summed E-state index contributed by atoms with van der Waals surface area (Å²) in [5, 5.41) is 22.9. The SMILES string of the molecule is O=C(NC1CCCC(CBr)C1)c1cc(O)ccc1O. The summed E-state index contributed by atoms with van der Waals surface area (Å²) in [6.07, 6.45) is 4.22. The van der Waals surface area contributed by atoms with Crippen LogP contribution in [0.3, 0.4) is 0 Å². The van der Waals surface area contributed by atoms with E-state index in [1.165, 1.54) is 24.6 Å². The molecule has 1 saturated carbocycles. The van der Waals surface area contributed by atoms with Gasteiger partial charge in [0, 0.05) is 11.4 Å². The summed E-state index contributed by atoms with van der Waals surface area (Å²) in [5.74, 6) is 0.138. The Hall–Kier alpha value is -1.23. The molecule has 4 nitrogen and oxygen atoms in total. The van der Waals surface area contributed by atoms with E-state index in [9.17, 15) is 15.0 Å². The third kappa shape index (κ3) is 3.62. The van der Waals surface area contributed by atoms with E-state index < -0.39 is 0 Å². The quantitative estimate of drug-likeness (QED) is 0.590. The minimum absolute atomic E-state index is 0.0232. The number of alkyl halides is 1. The fraction of sp³-hybridized carbons (Fsp3) is 0.500. The van der Waals surface area contributed by atoms with Gasteiger partial charge in [-0.2, -0.15) is 0 Å². The molecule has 1 aliphatic carbocycles. The van der Waals surface area contributed by atoms with Crippen molar-refractivity contribution in [1.29, 1.82) is 0 Å². The van der Waals surface area contributed by atoms with E-state index in [1.807, 2.05) is 0 Å². The second-order valence-electron chi connectivity index (χ2n) is 5.06. The highest BCUT2D eigenvalue weighted by Crippen LogP contribution is 2.27. The number of halogens is 1. The summed E-state index contributed by atoms with van der Waals surface area (Å²) in [5.41, 5.74) is 0.126. The second kappa shape index (κ2) is 6.28. The standard InChI is InChI=1S/C14H18BrNO3/c15-8-9-2-1-3-10(6-9)16-14(19)12-7-11(17)4-5-13(12)18/h4-5,7,9-10,17-18H,1-3,6,8H2,(H,16,19). The van der Waals surface area contributed by atoms with Gasteiger partial charge in [-0.3, -0.25) is 4.79 Å². The van der Waals surface area contributed by atoms with Crippen LogP contribution in [0.15, 0.2) is 18.2 Å². The van der Waals surface area contributed by atoms with E-state index >= 15 is 0 Å². The Bertz CT molecular complexity index is 464. The van der Waals surface area contributed by atoms with Gasteiger partial charge in [-0.15, -0.1) is 0 Å². The van der Waals surface area contributed by atoms with Crippen molar-refractivity contribution in [3.05, 3.63) is 23.8 Å². The minimum atomic E-state index is -0.325. The number of carbonyl (C=O) groups excluding carboxylic acids is 1. The van der Waals surface area contributed by atoms with E-state index in [0.717, 1.165) is 24.6 Å². The van der Waals surface area contributed by atoms with Crippen LogP contribution in [0.25, 0.3) is 0 Å². The molecule has 1 aromatic carbocycles. The zero-order valence-corrected chi connectivity index (χ0v) is 12.2. The van der Waals surface area contributed by atoms with Crippen LogP contribution in [0.1, 0.15) is 36.0 Å². The lowest BCUT2D eigenvalue weighted by Crippen LogP contribution is -2.38. The number of hydrogen-bond acceptors (Lipinski definition) is 3. The Morgan fingerprint density at radius 1 is 1.37 bits per heavy atom. The molecule has 2 atom stereocenters. The van der Waals surface area contributed by atoms with Crippen molar-refractivity contribution in [2.75, 3.05) is 5.33 Å². The third-order valence-corrected chi connectivity index (χ3v) is 4.48. The first-order valence-corrected chi connectivity index (χ1v) is 7.61. The van der Waals surface area contributed by atoms with Crippen LogP contribution in [-0.2, 0) is 0 Å². The van der Waals surface area contributed by atoms with Crippen LogP contribution in [0.2, 0.25) is 0 Å².